The number of carbonyl (C=O) groups is 3. The number of benzene rings is 1. The van der Waals surface area contributed by atoms with Gasteiger partial charge in [-0.2, -0.15) is 0 Å². The van der Waals surface area contributed by atoms with Crippen LogP contribution in [0.25, 0.3) is 0 Å². The molecular weight excluding hydrogens is 368 g/mol. The second kappa shape index (κ2) is 8.84. The topological polar surface area (TPSA) is 81.8 Å². The lowest BCUT2D eigenvalue weighted by molar-refractivity contribution is -0.123. The molecule has 0 spiro atoms. The summed E-state index contributed by atoms with van der Waals surface area (Å²) in [5.74, 6) is 0.868. The van der Waals surface area contributed by atoms with Gasteiger partial charge in [0.15, 0.2) is 0 Å². The molecule has 0 atom stereocenters. The zero-order valence-electron chi connectivity index (χ0n) is 16.9. The molecule has 0 bridgehead atoms. The van der Waals surface area contributed by atoms with E-state index in [1.165, 1.54) is 25.7 Å². The van der Waals surface area contributed by atoms with Gasteiger partial charge in [0.25, 0.3) is 0 Å². The molecule has 7 nitrogen and oxygen atoms in total. The fourth-order valence-electron chi connectivity index (χ4n) is 4.51. The molecule has 1 aliphatic carbocycles. The van der Waals surface area contributed by atoms with Crippen LogP contribution >= 0.6 is 0 Å². The standard InChI is InChI=1S/C22H30N4O3/c27-20(15-16-3-1-2-4-16)23-18-9-12-25(13-10-18)22(29)24-17-5-7-19(8-6-17)26-14-11-21(26)28/h5-8,16,18H,1-4,9-15H2,(H,23,27)(H,24,29). The van der Waals surface area contributed by atoms with E-state index in [9.17, 15) is 14.4 Å². The summed E-state index contributed by atoms with van der Waals surface area (Å²) in [4.78, 5) is 39.8. The molecule has 0 radical (unpaired) electrons. The molecule has 1 saturated carbocycles. The molecule has 156 valence electrons. The quantitative estimate of drug-likeness (QED) is 0.748. The summed E-state index contributed by atoms with van der Waals surface area (Å²) in [6.07, 6.45) is 7.71. The predicted molar refractivity (Wildman–Crippen MR) is 112 cm³/mol. The van der Waals surface area contributed by atoms with Gasteiger partial charge in [0.1, 0.15) is 0 Å². The monoisotopic (exact) mass is 398 g/mol. The van der Waals surface area contributed by atoms with Gasteiger partial charge < -0.3 is 20.4 Å². The van der Waals surface area contributed by atoms with Gasteiger partial charge in [-0.15, -0.1) is 0 Å². The molecule has 2 heterocycles. The third kappa shape index (κ3) is 4.89. The van der Waals surface area contributed by atoms with Gasteiger partial charge >= 0.3 is 6.03 Å². The van der Waals surface area contributed by atoms with Crippen molar-refractivity contribution in [3.05, 3.63) is 24.3 Å². The molecule has 7 heteroatoms. The highest BCUT2D eigenvalue weighted by atomic mass is 16.2. The average Bonchev–Trinajstić information content (AvgIpc) is 3.21. The number of nitrogens with one attached hydrogen (secondary N) is 2. The van der Waals surface area contributed by atoms with Gasteiger partial charge in [0.2, 0.25) is 11.8 Å². The maximum Gasteiger partial charge on any atom is 0.321 e. The lowest BCUT2D eigenvalue weighted by Gasteiger charge is -2.33. The van der Waals surface area contributed by atoms with Gasteiger partial charge in [0, 0.05) is 49.9 Å². The summed E-state index contributed by atoms with van der Waals surface area (Å²) in [7, 11) is 0. The van der Waals surface area contributed by atoms with E-state index in [-0.39, 0.29) is 23.9 Å². The Labute approximate surface area is 171 Å². The average molecular weight is 399 g/mol. The van der Waals surface area contributed by atoms with Crippen molar-refractivity contribution < 1.29 is 14.4 Å². The van der Waals surface area contributed by atoms with Crippen LogP contribution in [0.1, 0.15) is 51.4 Å². The Bertz CT molecular complexity index is 750. The van der Waals surface area contributed by atoms with Crippen molar-refractivity contribution in [2.75, 3.05) is 29.9 Å². The zero-order valence-corrected chi connectivity index (χ0v) is 16.9. The Morgan fingerprint density at radius 2 is 1.66 bits per heavy atom. The number of carbonyl (C=O) groups excluding carboxylic acids is 3. The van der Waals surface area contributed by atoms with Crippen LogP contribution in [0.5, 0.6) is 0 Å². The molecule has 4 amide bonds. The number of piperidine rings is 1. The number of hydrogen-bond donors (Lipinski definition) is 2. The third-order valence-corrected chi connectivity index (χ3v) is 6.38. The fraction of sp³-hybridized carbons (Fsp3) is 0.591. The van der Waals surface area contributed by atoms with Crippen molar-refractivity contribution >= 4 is 29.2 Å². The van der Waals surface area contributed by atoms with Gasteiger partial charge in [0.05, 0.1) is 0 Å². The van der Waals surface area contributed by atoms with Crippen LogP contribution in [0.4, 0.5) is 16.2 Å². The summed E-state index contributed by atoms with van der Waals surface area (Å²) in [6, 6.07) is 7.43. The van der Waals surface area contributed by atoms with E-state index >= 15 is 0 Å². The normalized spacial score (nSPS) is 20.5. The van der Waals surface area contributed by atoms with E-state index in [1.54, 1.807) is 9.80 Å². The Kier molecular flexibility index (Phi) is 6.02. The Balaban J connectivity index is 1.19. The molecule has 3 aliphatic rings. The maximum atomic E-state index is 12.5. The van der Waals surface area contributed by atoms with Crippen molar-refractivity contribution in [2.24, 2.45) is 5.92 Å². The minimum atomic E-state index is -0.117. The number of likely N-dealkylation sites (tertiary alicyclic amines) is 1. The summed E-state index contributed by atoms with van der Waals surface area (Å²) in [5.41, 5.74) is 1.59. The highest BCUT2D eigenvalue weighted by Gasteiger charge is 2.26. The number of hydrogen-bond acceptors (Lipinski definition) is 3. The van der Waals surface area contributed by atoms with Crippen LogP contribution in [0, 0.1) is 5.92 Å². The second-order valence-electron chi connectivity index (χ2n) is 8.46. The number of amides is 4. The second-order valence-corrected chi connectivity index (χ2v) is 8.46. The summed E-state index contributed by atoms with van der Waals surface area (Å²) < 4.78 is 0. The van der Waals surface area contributed by atoms with Crippen molar-refractivity contribution in [1.82, 2.24) is 10.2 Å². The summed E-state index contributed by atoms with van der Waals surface area (Å²) in [5, 5.41) is 6.08. The van der Waals surface area contributed by atoms with Gasteiger partial charge in [-0.1, -0.05) is 12.8 Å². The number of urea groups is 1. The third-order valence-electron chi connectivity index (χ3n) is 6.38. The Morgan fingerprint density at radius 3 is 2.24 bits per heavy atom. The van der Waals surface area contributed by atoms with Crippen LogP contribution < -0.4 is 15.5 Å². The Morgan fingerprint density at radius 1 is 0.966 bits per heavy atom. The van der Waals surface area contributed by atoms with E-state index in [0.29, 0.717) is 31.8 Å². The van der Waals surface area contributed by atoms with Crippen LogP contribution in [0.2, 0.25) is 0 Å². The molecule has 4 rings (SSSR count). The molecule has 0 unspecified atom stereocenters. The first-order valence-corrected chi connectivity index (χ1v) is 10.8. The Hall–Kier alpha value is -2.57. The molecule has 2 aliphatic heterocycles. The maximum absolute atomic E-state index is 12.5. The first-order chi connectivity index (χ1) is 14.1. The molecule has 1 aromatic rings. The fourth-order valence-corrected chi connectivity index (χ4v) is 4.51. The molecule has 29 heavy (non-hydrogen) atoms. The van der Waals surface area contributed by atoms with Crippen LogP contribution in [-0.2, 0) is 9.59 Å². The molecule has 2 saturated heterocycles. The summed E-state index contributed by atoms with van der Waals surface area (Å²) in [6.45, 7) is 2.04. The lowest BCUT2D eigenvalue weighted by Crippen LogP contribution is -2.47. The van der Waals surface area contributed by atoms with Gasteiger partial charge in [-0.25, -0.2) is 4.79 Å². The molecule has 1 aromatic carbocycles. The number of nitrogens with zero attached hydrogens (tertiary/aromatic N) is 2. The highest BCUT2D eigenvalue weighted by Crippen LogP contribution is 2.27. The van der Waals surface area contributed by atoms with Crippen molar-refractivity contribution in [3.8, 4) is 0 Å². The van der Waals surface area contributed by atoms with Crippen LogP contribution in [-0.4, -0.2) is 48.4 Å². The van der Waals surface area contributed by atoms with Crippen LogP contribution in [0.15, 0.2) is 24.3 Å². The smallest absolute Gasteiger partial charge is 0.321 e. The number of anilines is 2. The van der Waals surface area contributed by atoms with E-state index in [4.69, 9.17) is 0 Å². The highest BCUT2D eigenvalue weighted by molar-refractivity contribution is 5.99. The molecule has 3 fully saturated rings. The SMILES string of the molecule is O=C(CC1CCCC1)NC1CCN(C(=O)Nc2ccc(N3CCC3=O)cc2)CC1. The first-order valence-electron chi connectivity index (χ1n) is 10.8. The summed E-state index contributed by atoms with van der Waals surface area (Å²) >= 11 is 0. The largest absolute Gasteiger partial charge is 0.353 e. The van der Waals surface area contributed by atoms with Gasteiger partial charge in [-0.05, 0) is 55.9 Å². The predicted octanol–water partition coefficient (Wildman–Crippen LogP) is 3.12. The minimum absolute atomic E-state index is 0.117. The van der Waals surface area contributed by atoms with Crippen LogP contribution in [0.3, 0.4) is 0 Å². The van der Waals surface area contributed by atoms with E-state index in [0.717, 1.165) is 30.8 Å². The number of rotatable bonds is 5. The van der Waals surface area contributed by atoms with E-state index < -0.39 is 0 Å². The van der Waals surface area contributed by atoms with Gasteiger partial charge in [-0.3, -0.25) is 9.59 Å². The molecule has 2 N–H and O–H groups in total. The zero-order chi connectivity index (χ0) is 20.2. The van der Waals surface area contributed by atoms with E-state index in [1.807, 2.05) is 24.3 Å². The first kappa shape index (κ1) is 19.7. The minimum Gasteiger partial charge on any atom is -0.353 e. The van der Waals surface area contributed by atoms with Crippen molar-refractivity contribution in [1.29, 1.82) is 0 Å². The van der Waals surface area contributed by atoms with E-state index in [2.05, 4.69) is 10.6 Å². The number of β-lactam (4-membered cyclic amide) rings is 1. The lowest BCUT2D eigenvalue weighted by atomic mass is 10.0. The van der Waals surface area contributed by atoms with Crippen molar-refractivity contribution in [2.45, 2.75) is 57.4 Å². The van der Waals surface area contributed by atoms with Crippen molar-refractivity contribution in [3.63, 3.8) is 0 Å². The molecular formula is C22H30N4O3. The molecule has 0 aromatic heterocycles.